The van der Waals surface area contributed by atoms with Gasteiger partial charge in [-0.3, -0.25) is 4.79 Å². The van der Waals surface area contributed by atoms with E-state index < -0.39 is 0 Å². The van der Waals surface area contributed by atoms with Crippen LogP contribution in [0.5, 0.6) is 0 Å². The number of amides is 1. The average molecular weight is 226 g/mol. The summed E-state index contributed by atoms with van der Waals surface area (Å²) in [5.74, 6) is 1.25. The number of nitrogens with one attached hydrogen (secondary N) is 1. The molecule has 16 heavy (non-hydrogen) atoms. The second-order valence-electron chi connectivity index (χ2n) is 5.52. The van der Waals surface area contributed by atoms with Crippen LogP contribution in [0.15, 0.2) is 0 Å². The molecule has 0 bridgehead atoms. The Hall–Kier alpha value is -0.570. The summed E-state index contributed by atoms with van der Waals surface area (Å²) in [6, 6.07) is 0.487. The van der Waals surface area contributed by atoms with Crippen LogP contribution in [0.2, 0.25) is 0 Å². The van der Waals surface area contributed by atoms with Crippen LogP contribution in [-0.4, -0.2) is 37.0 Å². The average Bonchev–Trinajstić information content (AvgIpc) is 2.24. The molecule has 0 aliphatic carbocycles. The molecule has 0 aromatic rings. The van der Waals surface area contributed by atoms with Crippen molar-refractivity contribution in [3.8, 4) is 0 Å². The Morgan fingerprint density at radius 3 is 2.75 bits per heavy atom. The van der Waals surface area contributed by atoms with E-state index in [1.165, 1.54) is 0 Å². The molecule has 1 rings (SSSR count). The van der Waals surface area contributed by atoms with Crippen LogP contribution in [0.25, 0.3) is 0 Å². The van der Waals surface area contributed by atoms with Crippen molar-refractivity contribution in [1.29, 1.82) is 0 Å². The fourth-order valence-electron chi connectivity index (χ4n) is 2.23. The van der Waals surface area contributed by atoms with E-state index in [0.717, 1.165) is 32.4 Å². The van der Waals surface area contributed by atoms with Gasteiger partial charge < -0.3 is 10.2 Å². The molecule has 1 aliphatic heterocycles. The van der Waals surface area contributed by atoms with Crippen LogP contribution in [0.4, 0.5) is 0 Å². The molecule has 1 N–H and O–H groups in total. The van der Waals surface area contributed by atoms with Crippen molar-refractivity contribution in [2.24, 2.45) is 11.8 Å². The zero-order valence-corrected chi connectivity index (χ0v) is 11.1. The standard InChI is InChI=1S/C13H26N2O/c1-10(2)6-8-15(4)13(16)12-5-7-14-11(3)9-12/h10-12,14H,5-9H2,1-4H3. The quantitative estimate of drug-likeness (QED) is 0.794. The minimum Gasteiger partial charge on any atom is -0.346 e. The van der Waals surface area contributed by atoms with Gasteiger partial charge in [-0.1, -0.05) is 13.8 Å². The van der Waals surface area contributed by atoms with Gasteiger partial charge in [0.2, 0.25) is 5.91 Å². The topological polar surface area (TPSA) is 32.3 Å². The van der Waals surface area contributed by atoms with Gasteiger partial charge in [-0.05, 0) is 38.6 Å². The van der Waals surface area contributed by atoms with E-state index in [2.05, 4.69) is 26.1 Å². The maximum Gasteiger partial charge on any atom is 0.225 e. The molecule has 1 aliphatic rings. The number of piperidine rings is 1. The number of hydrogen-bond acceptors (Lipinski definition) is 2. The number of carbonyl (C=O) groups excluding carboxylic acids is 1. The lowest BCUT2D eigenvalue weighted by Crippen LogP contribution is -2.43. The molecule has 3 nitrogen and oxygen atoms in total. The first-order valence-electron chi connectivity index (χ1n) is 6.49. The van der Waals surface area contributed by atoms with Crippen LogP contribution < -0.4 is 5.32 Å². The van der Waals surface area contributed by atoms with E-state index >= 15 is 0 Å². The van der Waals surface area contributed by atoms with Crippen molar-refractivity contribution in [2.75, 3.05) is 20.1 Å². The Balaban J connectivity index is 2.37. The molecule has 0 aromatic heterocycles. The van der Waals surface area contributed by atoms with E-state index in [9.17, 15) is 4.79 Å². The maximum atomic E-state index is 12.2. The van der Waals surface area contributed by atoms with Gasteiger partial charge in [-0.25, -0.2) is 0 Å². The molecule has 94 valence electrons. The first kappa shape index (κ1) is 13.5. The van der Waals surface area contributed by atoms with E-state index in [-0.39, 0.29) is 5.92 Å². The van der Waals surface area contributed by atoms with Crippen LogP contribution in [0.1, 0.15) is 40.0 Å². The van der Waals surface area contributed by atoms with Gasteiger partial charge in [0.25, 0.3) is 0 Å². The number of carbonyl (C=O) groups is 1. The summed E-state index contributed by atoms with van der Waals surface area (Å²) in [5.41, 5.74) is 0. The lowest BCUT2D eigenvalue weighted by Gasteiger charge is -2.30. The second kappa shape index (κ2) is 6.24. The van der Waals surface area contributed by atoms with Gasteiger partial charge in [0.15, 0.2) is 0 Å². The first-order chi connectivity index (χ1) is 7.50. The monoisotopic (exact) mass is 226 g/mol. The van der Waals surface area contributed by atoms with E-state index in [0.29, 0.717) is 17.9 Å². The van der Waals surface area contributed by atoms with Gasteiger partial charge in [0, 0.05) is 25.6 Å². The summed E-state index contributed by atoms with van der Waals surface area (Å²) >= 11 is 0. The third kappa shape index (κ3) is 4.12. The van der Waals surface area contributed by atoms with Gasteiger partial charge in [0.05, 0.1) is 0 Å². The smallest absolute Gasteiger partial charge is 0.225 e. The number of hydrogen-bond donors (Lipinski definition) is 1. The summed E-state index contributed by atoms with van der Waals surface area (Å²) in [7, 11) is 1.94. The summed E-state index contributed by atoms with van der Waals surface area (Å²) in [4.78, 5) is 14.1. The summed E-state index contributed by atoms with van der Waals surface area (Å²) in [5, 5.41) is 3.39. The Morgan fingerprint density at radius 2 is 2.19 bits per heavy atom. The van der Waals surface area contributed by atoms with E-state index in [1.54, 1.807) is 0 Å². The highest BCUT2D eigenvalue weighted by atomic mass is 16.2. The zero-order chi connectivity index (χ0) is 12.1. The molecule has 0 saturated carbocycles. The Kier molecular flexibility index (Phi) is 5.26. The number of rotatable bonds is 4. The van der Waals surface area contributed by atoms with Gasteiger partial charge in [-0.15, -0.1) is 0 Å². The highest BCUT2D eigenvalue weighted by Crippen LogP contribution is 2.18. The highest BCUT2D eigenvalue weighted by molar-refractivity contribution is 5.78. The molecule has 1 fully saturated rings. The molecular formula is C13H26N2O. The predicted molar refractivity (Wildman–Crippen MR) is 67.3 cm³/mol. The third-order valence-electron chi connectivity index (χ3n) is 3.39. The second-order valence-corrected chi connectivity index (χ2v) is 5.52. The van der Waals surface area contributed by atoms with Crippen LogP contribution in [0.3, 0.4) is 0 Å². The largest absolute Gasteiger partial charge is 0.346 e. The number of nitrogens with zero attached hydrogens (tertiary/aromatic N) is 1. The Morgan fingerprint density at radius 1 is 1.50 bits per heavy atom. The molecule has 2 atom stereocenters. The minimum atomic E-state index is 0.244. The van der Waals surface area contributed by atoms with Gasteiger partial charge >= 0.3 is 0 Å². The fourth-order valence-corrected chi connectivity index (χ4v) is 2.23. The van der Waals surface area contributed by atoms with Gasteiger partial charge in [0.1, 0.15) is 0 Å². The van der Waals surface area contributed by atoms with Crippen LogP contribution in [-0.2, 0) is 4.79 Å². The van der Waals surface area contributed by atoms with Gasteiger partial charge in [-0.2, -0.15) is 0 Å². The molecule has 1 saturated heterocycles. The maximum absolute atomic E-state index is 12.2. The highest BCUT2D eigenvalue weighted by Gasteiger charge is 2.26. The molecular weight excluding hydrogens is 200 g/mol. The van der Waals surface area contributed by atoms with E-state index in [1.807, 2.05) is 11.9 Å². The molecule has 1 heterocycles. The molecule has 1 amide bonds. The predicted octanol–water partition coefficient (Wildman–Crippen LogP) is 1.88. The normalized spacial score (nSPS) is 25.8. The van der Waals surface area contributed by atoms with Crippen LogP contribution >= 0.6 is 0 Å². The molecule has 0 spiro atoms. The lowest BCUT2D eigenvalue weighted by atomic mass is 9.92. The van der Waals surface area contributed by atoms with E-state index in [4.69, 9.17) is 0 Å². The fraction of sp³-hybridized carbons (Fsp3) is 0.923. The molecule has 0 aromatic carbocycles. The van der Waals surface area contributed by atoms with Crippen molar-refractivity contribution in [3.63, 3.8) is 0 Å². The van der Waals surface area contributed by atoms with Crippen molar-refractivity contribution in [1.82, 2.24) is 10.2 Å². The minimum absolute atomic E-state index is 0.244. The van der Waals surface area contributed by atoms with Crippen molar-refractivity contribution in [3.05, 3.63) is 0 Å². The van der Waals surface area contributed by atoms with Crippen molar-refractivity contribution in [2.45, 2.75) is 46.1 Å². The molecule has 0 radical (unpaired) electrons. The Labute approximate surface area is 99.6 Å². The lowest BCUT2D eigenvalue weighted by molar-refractivity contribution is -0.135. The van der Waals surface area contributed by atoms with Crippen LogP contribution in [0, 0.1) is 11.8 Å². The summed E-state index contributed by atoms with van der Waals surface area (Å²) < 4.78 is 0. The van der Waals surface area contributed by atoms with Crippen molar-refractivity contribution < 1.29 is 4.79 Å². The molecule has 2 unspecified atom stereocenters. The Bertz CT molecular complexity index is 228. The first-order valence-corrected chi connectivity index (χ1v) is 6.49. The zero-order valence-electron chi connectivity index (χ0n) is 11.1. The summed E-state index contributed by atoms with van der Waals surface area (Å²) in [6.07, 6.45) is 3.09. The summed E-state index contributed by atoms with van der Waals surface area (Å²) in [6.45, 7) is 8.44. The molecule has 3 heteroatoms. The third-order valence-corrected chi connectivity index (χ3v) is 3.39. The SMILES string of the molecule is CC(C)CCN(C)C(=O)C1CCNC(C)C1. The van der Waals surface area contributed by atoms with Crippen molar-refractivity contribution >= 4 is 5.91 Å².